The number of hydrogen-bond acceptors (Lipinski definition) is 2. The van der Waals surface area contributed by atoms with Gasteiger partial charge in [-0.2, -0.15) is 6.92 Å². The Balaban J connectivity index is 0. The van der Waals surface area contributed by atoms with E-state index in [1.165, 1.54) is 0 Å². The predicted octanol–water partition coefficient (Wildman–Crippen LogP) is 0.608. The van der Waals surface area contributed by atoms with Gasteiger partial charge in [-0.3, -0.25) is 6.54 Å². The van der Waals surface area contributed by atoms with Crippen LogP contribution in [0.4, 0.5) is 0 Å². The van der Waals surface area contributed by atoms with Gasteiger partial charge in [0.25, 0.3) is 0 Å². The molecule has 0 aromatic carbocycles. The van der Waals surface area contributed by atoms with Crippen molar-refractivity contribution in [3.05, 3.63) is 6.54 Å². The molecule has 0 aliphatic rings. The molecule has 0 aromatic rings. The maximum absolute atomic E-state index is 8.38. The first-order chi connectivity index (χ1) is 3.27. The predicted molar refractivity (Wildman–Crippen MR) is 24.3 cm³/mol. The third kappa shape index (κ3) is 21.6. The summed E-state index contributed by atoms with van der Waals surface area (Å²) in [7, 11) is 4.00. The minimum atomic E-state index is 0.125. The molecule has 0 aliphatic heterocycles. The van der Waals surface area contributed by atoms with Gasteiger partial charge >= 0.3 is 21.8 Å². The van der Waals surface area contributed by atoms with Crippen LogP contribution in [0.3, 0.4) is 0 Å². The van der Waals surface area contributed by atoms with Gasteiger partial charge in [-0.1, -0.05) is 0 Å². The van der Waals surface area contributed by atoms with Gasteiger partial charge in [0.15, 0.2) is 0 Å². The first-order valence-electron chi connectivity index (χ1n) is 2.02. The van der Waals surface area contributed by atoms with Crippen LogP contribution in [0.25, 0.3) is 0 Å². The zero-order valence-electron chi connectivity index (χ0n) is 5.14. The number of rotatable bonds is 1. The van der Waals surface area contributed by atoms with Gasteiger partial charge in [-0.05, 0) is 14.1 Å². The SMILES string of the molecule is C[CH-]N(C)C.[O]=[Zn]. The summed E-state index contributed by atoms with van der Waals surface area (Å²) >= 11 is 0.125. The van der Waals surface area contributed by atoms with Crippen LogP contribution in [0.5, 0.6) is 0 Å². The van der Waals surface area contributed by atoms with Crippen molar-refractivity contribution in [2.45, 2.75) is 6.92 Å². The zero-order chi connectivity index (χ0) is 6.28. The van der Waals surface area contributed by atoms with Crippen LogP contribution in [0.2, 0.25) is 0 Å². The molecule has 0 radical (unpaired) electrons. The normalized spacial score (nSPS) is 7.71. The molecule has 0 rings (SSSR count). The molecular formula is C4H10NOZn-. The average molecular weight is 154 g/mol. The fourth-order valence-corrected chi connectivity index (χ4v) is 0. The molecule has 0 spiro atoms. The summed E-state index contributed by atoms with van der Waals surface area (Å²) in [5, 5.41) is 0. The molecule has 3 heteroatoms. The monoisotopic (exact) mass is 152 g/mol. The second-order valence-corrected chi connectivity index (χ2v) is 1.22. The van der Waals surface area contributed by atoms with Gasteiger partial charge in [-0.25, -0.2) is 0 Å². The van der Waals surface area contributed by atoms with Gasteiger partial charge in [-0.15, -0.1) is 0 Å². The van der Waals surface area contributed by atoms with Crippen molar-refractivity contribution < 1.29 is 21.8 Å². The molecule has 0 heterocycles. The molecule has 0 atom stereocenters. The minimum absolute atomic E-state index is 0.125. The summed E-state index contributed by atoms with van der Waals surface area (Å²) in [6.07, 6.45) is 0. The standard InChI is InChI=1S/C4H10N.O.Zn/c1-4-5(2)3;;/h4H,1-3H3;;/q-1;;. The topological polar surface area (TPSA) is 20.3 Å². The Kier molecular flexibility index (Phi) is 14.3. The molecule has 0 amide bonds. The Morgan fingerprint density at radius 1 is 1.43 bits per heavy atom. The van der Waals surface area contributed by atoms with Crippen molar-refractivity contribution in [2.75, 3.05) is 14.1 Å². The summed E-state index contributed by atoms with van der Waals surface area (Å²) in [4.78, 5) is 2.00. The molecule has 0 aliphatic carbocycles. The molecule has 7 heavy (non-hydrogen) atoms. The van der Waals surface area contributed by atoms with Gasteiger partial charge in [0.1, 0.15) is 0 Å². The van der Waals surface area contributed by atoms with E-state index in [-0.39, 0.29) is 18.3 Å². The van der Waals surface area contributed by atoms with Crippen LogP contribution in [-0.4, -0.2) is 19.0 Å². The van der Waals surface area contributed by atoms with Crippen LogP contribution in [0, 0.1) is 6.54 Å². The van der Waals surface area contributed by atoms with E-state index in [1.807, 2.05) is 32.5 Å². The van der Waals surface area contributed by atoms with E-state index in [0.29, 0.717) is 0 Å². The van der Waals surface area contributed by atoms with Crippen LogP contribution in [-0.2, 0) is 21.8 Å². The first kappa shape index (κ1) is 10.4. The van der Waals surface area contributed by atoms with E-state index < -0.39 is 0 Å². The molecule has 0 fully saturated rings. The summed E-state index contributed by atoms with van der Waals surface area (Å²) in [6, 6.07) is 0. The number of nitrogens with zero attached hydrogens (tertiary/aromatic N) is 1. The second kappa shape index (κ2) is 9.63. The van der Waals surface area contributed by atoms with Crippen molar-refractivity contribution in [3.63, 3.8) is 0 Å². The zero-order valence-corrected chi connectivity index (χ0v) is 8.11. The van der Waals surface area contributed by atoms with Crippen molar-refractivity contribution >= 4 is 0 Å². The molecule has 0 N–H and O–H groups in total. The third-order valence-corrected chi connectivity index (χ3v) is 0.516. The maximum atomic E-state index is 8.38. The Morgan fingerprint density at radius 3 is 1.57 bits per heavy atom. The second-order valence-electron chi connectivity index (χ2n) is 1.22. The molecule has 0 saturated heterocycles. The van der Waals surface area contributed by atoms with E-state index in [1.54, 1.807) is 0 Å². The third-order valence-electron chi connectivity index (χ3n) is 0.516. The fourth-order valence-electron chi connectivity index (χ4n) is 0. The van der Waals surface area contributed by atoms with Gasteiger partial charge < -0.3 is 4.90 Å². The molecule has 40 valence electrons. The molecule has 2 nitrogen and oxygen atoms in total. The molecule has 0 aromatic heterocycles. The Hall–Kier alpha value is 0.383. The summed E-state index contributed by atoms with van der Waals surface area (Å²) < 4.78 is 8.38. The average Bonchev–Trinajstić information content (AvgIpc) is 1.73. The molecular weight excluding hydrogens is 143 g/mol. The molecule has 0 unspecified atom stereocenters. The van der Waals surface area contributed by atoms with Crippen LogP contribution >= 0.6 is 0 Å². The summed E-state index contributed by atoms with van der Waals surface area (Å²) in [5.74, 6) is 0. The summed E-state index contributed by atoms with van der Waals surface area (Å²) in [6.45, 7) is 4.00. The fraction of sp³-hybridized carbons (Fsp3) is 0.750. The van der Waals surface area contributed by atoms with Gasteiger partial charge in [0, 0.05) is 0 Å². The van der Waals surface area contributed by atoms with Crippen LogP contribution < -0.4 is 0 Å². The van der Waals surface area contributed by atoms with Crippen LogP contribution in [0.15, 0.2) is 0 Å². The van der Waals surface area contributed by atoms with E-state index >= 15 is 0 Å². The van der Waals surface area contributed by atoms with Gasteiger partial charge in [0.05, 0.1) is 0 Å². The van der Waals surface area contributed by atoms with Crippen molar-refractivity contribution in [3.8, 4) is 0 Å². The Morgan fingerprint density at radius 2 is 1.57 bits per heavy atom. The van der Waals surface area contributed by atoms with Gasteiger partial charge in [0.2, 0.25) is 0 Å². The number of hydrogen-bond donors (Lipinski definition) is 0. The Labute approximate surface area is 54.8 Å². The molecule has 0 bridgehead atoms. The van der Waals surface area contributed by atoms with E-state index in [0.717, 1.165) is 0 Å². The van der Waals surface area contributed by atoms with Crippen molar-refractivity contribution in [2.24, 2.45) is 0 Å². The quantitative estimate of drug-likeness (QED) is 0.406. The van der Waals surface area contributed by atoms with E-state index in [4.69, 9.17) is 3.57 Å². The summed E-state index contributed by atoms with van der Waals surface area (Å²) in [5.41, 5.74) is 0. The van der Waals surface area contributed by atoms with Crippen LogP contribution in [0.1, 0.15) is 6.92 Å². The Bertz CT molecular complexity index is 32.9. The van der Waals surface area contributed by atoms with E-state index in [9.17, 15) is 0 Å². The van der Waals surface area contributed by atoms with Crippen molar-refractivity contribution in [1.29, 1.82) is 0 Å². The first-order valence-corrected chi connectivity index (χ1v) is 3.23. The molecule has 0 saturated carbocycles. The van der Waals surface area contributed by atoms with E-state index in [2.05, 4.69) is 0 Å². The van der Waals surface area contributed by atoms with Crippen molar-refractivity contribution in [1.82, 2.24) is 4.90 Å².